The van der Waals surface area contributed by atoms with Gasteiger partial charge in [0, 0.05) is 11.1 Å². The standard InChI is InChI=1S/C13H12N4OS/c1-7-8(2)19-13(9(7)6-14)17-12(18)11-10(15)4-3-5-16-11/h3-5H,15H2,1-2H3,(H,17,18). The van der Waals surface area contributed by atoms with Gasteiger partial charge >= 0.3 is 0 Å². The maximum absolute atomic E-state index is 12.1. The Balaban J connectivity index is 2.33. The summed E-state index contributed by atoms with van der Waals surface area (Å²) in [6.07, 6.45) is 1.50. The molecule has 5 nitrogen and oxygen atoms in total. The Morgan fingerprint density at radius 3 is 2.89 bits per heavy atom. The number of hydrogen-bond donors (Lipinski definition) is 2. The summed E-state index contributed by atoms with van der Waals surface area (Å²) in [6, 6.07) is 5.37. The number of aryl methyl sites for hydroxylation is 1. The van der Waals surface area contributed by atoms with E-state index >= 15 is 0 Å². The Morgan fingerprint density at radius 2 is 2.26 bits per heavy atom. The van der Waals surface area contributed by atoms with E-state index in [4.69, 9.17) is 11.0 Å². The molecular formula is C13H12N4OS. The third-order valence-corrected chi connectivity index (χ3v) is 3.90. The highest BCUT2D eigenvalue weighted by Gasteiger charge is 2.17. The largest absolute Gasteiger partial charge is 0.397 e. The van der Waals surface area contributed by atoms with Gasteiger partial charge in [0.25, 0.3) is 5.91 Å². The maximum atomic E-state index is 12.1. The number of aromatic nitrogens is 1. The Hall–Kier alpha value is -2.39. The van der Waals surface area contributed by atoms with Gasteiger partial charge in [0.2, 0.25) is 0 Å². The lowest BCUT2D eigenvalue weighted by Gasteiger charge is -2.04. The van der Waals surface area contributed by atoms with Crippen molar-refractivity contribution in [3.63, 3.8) is 0 Å². The highest BCUT2D eigenvalue weighted by molar-refractivity contribution is 7.16. The fraction of sp³-hybridized carbons (Fsp3) is 0.154. The van der Waals surface area contributed by atoms with Crippen LogP contribution in [0.1, 0.15) is 26.5 Å². The molecule has 0 saturated carbocycles. The van der Waals surface area contributed by atoms with Crippen molar-refractivity contribution in [2.75, 3.05) is 11.1 Å². The van der Waals surface area contributed by atoms with Crippen LogP contribution in [0.3, 0.4) is 0 Å². The minimum Gasteiger partial charge on any atom is -0.397 e. The number of anilines is 2. The molecule has 0 fully saturated rings. The van der Waals surface area contributed by atoms with Crippen molar-refractivity contribution in [3.8, 4) is 6.07 Å². The van der Waals surface area contributed by atoms with Gasteiger partial charge in [-0.3, -0.25) is 4.79 Å². The monoisotopic (exact) mass is 272 g/mol. The number of nitrogen functional groups attached to an aromatic ring is 1. The topological polar surface area (TPSA) is 91.8 Å². The number of nitriles is 1. The van der Waals surface area contributed by atoms with Crippen molar-refractivity contribution in [3.05, 3.63) is 40.0 Å². The van der Waals surface area contributed by atoms with Crippen LogP contribution in [-0.2, 0) is 0 Å². The average Bonchev–Trinajstić information content (AvgIpc) is 2.64. The van der Waals surface area contributed by atoms with Crippen molar-refractivity contribution in [2.45, 2.75) is 13.8 Å². The van der Waals surface area contributed by atoms with E-state index in [0.717, 1.165) is 10.4 Å². The average molecular weight is 272 g/mol. The molecule has 0 unspecified atom stereocenters. The van der Waals surface area contributed by atoms with Crippen LogP contribution >= 0.6 is 11.3 Å². The van der Waals surface area contributed by atoms with Crippen LogP contribution in [0, 0.1) is 25.2 Å². The van der Waals surface area contributed by atoms with Gasteiger partial charge in [-0.05, 0) is 31.5 Å². The van der Waals surface area contributed by atoms with Gasteiger partial charge in [-0.1, -0.05) is 0 Å². The van der Waals surface area contributed by atoms with E-state index in [0.29, 0.717) is 16.3 Å². The minimum atomic E-state index is -0.407. The molecule has 0 bridgehead atoms. The summed E-state index contributed by atoms with van der Waals surface area (Å²) in [5.41, 5.74) is 7.54. The first-order valence-electron chi connectivity index (χ1n) is 5.56. The van der Waals surface area contributed by atoms with Crippen LogP contribution in [0.15, 0.2) is 18.3 Å². The second-order valence-electron chi connectivity index (χ2n) is 3.99. The molecule has 0 atom stereocenters. The van der Waals surface area contributed by atoms with E-state index in [9.17, 15) is 4.79 Å². The lowest BCUT2D eigenvalue weighted by molar-refractivity contribution is 0.102. The molecule has 2 heterocycles. The summed E-state index contributed by atoms with van der Waals surface area (Å²) in [4.78, 5) is 17.0. The zero-order valence-corrected chi connectivity index (χ0v) is 11.3. The van der Waals surface area contributed by atoms with Crippen LogP contribution in [0.5, 0.6) is 0 Å². The molecule has 2 aromatic heterocycles. The highest BCUT2D eigenvalue weighted by atomic mass is 32.1. The van der Waals surface area contributed by atoms with E-state index in [1.165, 1.54) is 17.5 Å². The first-order valence-corrected chi connectivity index (χ1v) is 6.38. The zero-order valence-electron chi connectivity index (χ0n) is 10.5. The zero-order chi connectivity index (χ0) is 14.0. The number of rotatable bonds is 2. The molecule has 3 N–H and O–H groups in total. The first kappa shape index (κ1) is 13.1. The van der Waals surface area contributed by atoms with Crippen molar-refractivity contribution in [2.24, 2.45) is 0 Å². The normalized spacial score (nSPS) is 9.95. The predicted molar refractivity (Wildman–Crippen MR) is 75.1 cm³/mol. The van der Waals surface area contributed by atoms with Gasteiger partial charge in [0.05, 0.1) is 11.3 Å². The number of nitrogens with two attached hydrogens (primary N) is 1. The Bertz CT molecular complexity index is 684. The predicted octanol–water partition coefficient (Wildman–Crippen LogP) is 2.47. The van der Waals surface area contributed by atoms with Gasteiger partial charge < -0.3 is 11.1 Å². The SMILES string of the molecule is Cc1sc(NC(=O)c2ncccc2N)c(C#N)c1C. The summed E-state index contributed by atoms with van der Waals surface area (Å²) in [5.74, 6) is -0.407. The molecule has 0 aliphatic carbocycles. The highest BCUT2D eigenvalue weighted by Crippen LogP contribution is 2.32. The smallest absolute Gasteiger partial charge is 0.277 e. The Kier molecular flexibility index (Phi) is 3.49. The molecule has 0 aromatic carbocycles. The fourth-order valence-electron chi connectivity index (χ4n) is 1.62. The van der Waals surface area contributed by atoms with Gasteiger partial charge in [0.1, 0.15) is 11.1 Å². The second kappa shape index (κ2) is 5.08. The number of carbonyl (C=O) groups is 1. The van der Waals surface area contributed by atoms with Crippen LogP contribution in [0.2, 0.25) is 0 Å². The molecule has 1 amide bonds. The third kappa shape index (κ3) is 2.41. The molecule has 96 valence electrons. The second-order valence-corrected chi connectivity index (χ2v) is 5.22. The summed E-state index contributed by atoms with van der Waals surface area (Å²) in [7, 11) is 0. The summed E-state index contributed by atoms with van der Waals surface area (Å²) >= 11 is 1.37. The van der Waals surface area contributed by atoms with Crippen LogP contribution in [0.25, 0.3) is 0 Å². The fourth-order valence-corrected chi connectivity index (χ4v) is 2.63. The molecule has 0 spiro atoms. The number of amides is 1. The van der Waals surface area contributed by atoms with Crippen molar-refractivity contribution in [1.82, 2.24) is 4.98 Å². The molecule has 2 aromatic rings. The van der Waals surface area contributed by atoms with E-state index in [1.807, 2.05) is 13.8 Å². The van der Waals surface area contributed by atoms with Crippen LogP contribution in [0.4, 0.5) is 10.7 Å². The van der Waals surface area contributed by atoms with Crippen LogP contribution < -0.4 is 11.1 Å². The number of thiophene rings is 1. The minimum absolute atomic E-state index is 0.162. The van der Waals surface area contributed by atoms with Crippen molar-refractivity contribution >= 4 is 27.9 Å². The first-order chi connectivity index (χ1) is 9.04. The van der Waals surface area contributed by atoms with E-state index in [1.54, 1.807) is 12.1 Å². The van der Waals surface area contributed by atoms with Gasteiger partial charge in [-0.2, -0.15) is 5.26 Å². The quantitative estimate of drug-likeness (QED) is 0.878. The lowest BCUT2D eigenvalue weighted by atomic mass is 10.2. The molecule has 0 aliphatic rings. The summed E-state index contributed by atoms with van der Waals surface area (Å²) in [6.45, 7) is 3.76. The Labute approximate surface area is 114 Å². The lowest BCUT2D eigenvalue weighted by Crippen LogP contribution is -2.15. The molecule has 6 heteroatoms. The van der Waals surface area contributed by atoms with Gasteiger partial charge in [0.15, 0.2) is 5.69 Å². The number of carbonyl (C=O) groups excluding carboxylic acids is 1. The number of pyridine rings is 1. The molecule has 2 rings (SSSR count). The number of hydrogen-bond acceptors (Lipinski definition) is 5. The van der Waals surface area contributed by atoms with Gasteiger partial charge in [-0.25, -0.2) is 4.98 Å². The number of nitrogens with zero attached hydrogens (tertiary/aromatic N) is 2. The van der Waals surface area contributed by atoms with Crippen molar-refractivity contribution < 1.29 is 4.79 Å². The van der Waals surface area contributed by atoms with Crippen molar-refractivity contribution in [1.29, 1.82) is 5.26 Å². The van der Waals surface area contributed by atoms with Crippen LogP contribution in [-0.4, -0.2) is 10.9 Å². The van der Waals surface area contributed by atoms with E-state index in [2.05, 4.69) is 16.4 Å². The summed E-state index contributed by atoms with van der Waals surface area (Å²) in [5, 5.41) is 12.3. The molecule has 0 aliphatic heterocycles. The molecular weight excluding hydrogens is 260 g/mol. The molecule has 19 heavy (non-hydrogen) atoms. The number of nitrogens with one attached hydrogen (secondary N) is 1. The Morgan fingerprint density at radius 1 is 1.53 bits per heavy atom. The third-order valence-electron chi connectivity index (χ3n) is 2.78. The summed E-state index contributed by atoms with van der Waals surface area (Å²) < 4.78 is 0. The van der Waals surface area contributed by atoms with E-state index in [-0.39, 0.29) is 5.69 Å². The molecule has 0 radical (unpaired) electrons. The molecule has 0 saturated heterocycles. The van der Waals surface area contributed by atoms with Gasteiger partial charge in [-0.15, -0.1) is 11.3 Å². The van der Waals surface area contributed by atoms with E-state index < -0.39 is 5.91 Å². The maximum Gasteiger partial charge on any atom is 0.277 e.